The molecule has 1 aromatic rings. The van der Waals surface area contributed by atoms with E-state index in [1.807, 2.05) is 18.2 Å². The van der Waals surface area contributed by atoms with Crippen molar-refractivity contribution in [3.63, 3.8) is 0 Å². The Hall–Kier alpha value is -0.610. The first kappa shape index (κ1) is 14.5. The van der Waals surface area contributed by atoms with E-state index < -0.39 is 0 Å². The number of hydrogen-bond acceptors (Lipinski definition) is 2. The van der Waals surface area contributed by atoms with Gasteiger partial charge in [-0.15, -0.1) is 0 Å². The van der Waals surface area contributed by atoms with E-state index in [9.17, 15) is 4.79 Å². The molecule has 0 spiro atoms. The summed E-state index contributed by atoms with van der Waals surface area (Å²) in [5.41, 5.74) is 1.56. The first-order chi connectivity index (χ1) is 8.08. The van der Waals surface area contributed by atoms with E-state index in [0.717, 1.165) is 33.0 Å². The summed E-state index contributed by atoms with van der Waals surface area (Å²) >= 11 is 6.89. The largest absolute Gasteiger partial charge is 0.492 e. The zero-order chi connectivity index (χ0) is 12.8. The molecule has 0 saturated carbocycles. The minimum Gasteiger partial charge on any atom is -0.492 e. The summed E-state index contributed by atoms with van der Waals surface area (Å²) in [7, 11) is 0. The fourth-order valence-corrected chi connectivity index (χ4v) is 2.70. The Morgan fingerprint density at radius 2 is 2.12 bits per heavy atom. The van der Waals surface area contributed by atoms with Crippen molar-refractivity contribution >= 4 is 44.2 Å². The maximum atomic E-state index is 10.7. The van der Waals surface area contributed by atoms with Crippen LogP contribution in [0.2, 0.25) is 0 Å². The fourth-order valence-electron chi connectivity index (χ4n) is 1.32. The van der Waals surface area contributed by atoms with Crippen molar-refractivity contribution in [2.24, 2.45) is 0 Å². The molecule has 92 valence electrons. The second kappa shape index (κ2) is 6.97. The SMILES string of the molecule is CCCOc1c(Br)cc(Br)cc1C=C(C)C=O. The fraction of sp³-hybridized carbons (Fsp3) is 0.308. The second-order valence-electron chi connectivity index (χ2n) is 3.66. The molecule has 4 heteroatoms. The van der Waals surface area contributed by atoms with Crippen molar-refractivity contribution in [2.75, 3.05) is 6.61 Å². The van der Waals surface area contributed by atoms with Gasteiger partial charge in [0.25, 0.3) is 0 Å². The van der Waals surface area contributed by atoms with E-state index in [-0.39, 0.29) is 0 Å². The lowest BCUT2D eigenvalue weighted by Crippen LogP contribution is -1.98. The van der Waals surface area contributed by atoms with Gasteiger partial charge in [0, 0.05) is 10.0 Å². The van der Waals surface area contributed by atoms with Crippen LogP contribution in [-0.4, -0.2) is 12.9 Å². The van der Waals surface area contributed by atoms with Crippen LogP contribution in [-0.2, 0) is 4.79 Å². The molecule has 0 atom stereocenters. The average Bonchev–Trinajstić information content (AvgIpc) is 2.27. The molecule has 0 heterocycles. The van der Waals surface area contributed by atoms with Gasteiger partial charge in [0.05, 0.1) is 11.1 Å². The lowest BCUT2D eigenvalue weighted by molar-refractivity contribution is -0.104. The standard InChI is InChI=1S/C13H14Br2O2/c1-3-4-17-13-10(5-9(2)8-16)6-11(14)7-12(13)15/h5-8H,3-4H2,1-2H3. The normalized spacial score (nSPS) is 11.4. The number of allylic oxidation sites excluding steroid dienone is 1. The van der Waals surface area contributed by atoms with Gasteiger partial charge in [0.2, 0.25) is 0 Å². The number of halogens is 2. The Labute approximate surface area is 118 Å². The maximum Gasteiger partial charge on any atom is 0.145 e. The van der Waals surface area contributed by atoms with Crippen molar-refractivity contribution in [1.82, 2.24) is 0 Å². The molecule has 2 nitrogen and oxygen atoms in total. The van der Waals surface area contributed by atoms with Crippen molar-refractivity contribution in [3.8, 4) is 5.75 Å². The van der Waals surface area contributed by atoms with Gasteiger partial charge in [-0.2, -0.15) is 0 Å². The molecular formula is C13H14Br2O2. The predicted molar refractivity (Wildman–Crippen MR) is 77.3 cm³/mol. The van der Waals surface area contributed by atoms with Crippen LogP contribution >= 0.6 is 31.9 Å². The highest BCUT2D eigenvalue weighted by molar-refractivity contribution is 9.11. The zero-order valence-electron chi connectivity index (χ0n) is 9.80. The molecule has 0 bridgehead atoms. The summed E-state index contributed by atoms with van der Waals surface area (Å²) in [5.74, 6) is 0.774. The van der Waals surface area contributed by atoms with E-state index in [2.05, 4.69) is 38.8 Å². The third-order valence-corrected chi connectivity index (χ3v) is 3.10. The van der Waals surface area contributed by atoms with Crippen LogP contribution in [0.3, 0.4) is 0 Å². The van der Waals surface area contributed by atoms with Gasteiger partial charge in [-0.05, 0) is 53.1 Å². The van der Waals surface area contributed by atoms with Crippen molar-refractivity contribution < 1.29 is 9.53 Å². The van der Waals surface area contributed by atoms with Crippen molar-refractivity contribution in [1.29, 1.82) is 0 Å². The molecule has 0 amide bonds. The lowest BCUT2D eigenvalue weighted by Gasteiger charge is -2.11. The molecule has 0 aliphatic heterocycles. The third kappa shape index (κ3) is 4.28. The highest BCUT2D eigenvalue weighted by Gasteiger charge is 2.08. The van der Waals surface area contributed by atoms with Crippen molar-refractivity contribution in [3.05, 3.63) is 32.2 Å². The van der Waals surface area contributed by atoms with Crippen LogP contribution in [0.1, 0.15) is 25.8 Å². The first-order valence-corrected chi connectivity index (χ1v) is 6.92. The smallest absolute Gasteiger partial charge is 0.145 e. The van der Waals surface area contributed by atoms with E-state index in [1.54, 1.807) is 6.92 Å². The number of benzene rings is 1. The molecule has 0 fully saturated rings. The number of carbonyl (C=O) groups excluding carboxylic acids is 1. The molecule has 17 heavy (non-hydrogen) atoms. The molecule has 0 aliphatic rings. The highest BCUT2D eigenvalue weighted by atomic mass is 79.9. The van der Waals surface area contributed by atoms with E-state index >= 15 is 0 Å². The summed E-state index contributed by atoms with van der Waals surface area (Å²) in [6.45, 7) is 4.48. The average molecular weight is 362 g/mol. The Balaban J connectivity index is 3.19. The van der Waals surface area contributed by atoms with Gasteiger partial charge in [-0.1, -0.05) is 22.9 Å². The summed E-state index contributed by atoms with van der Waals surface area (Å²) in [4.78, 5) is 10.7. The summed E-state index contributed by atoms with van der Waals surface area (Å²) in [5, 5.41) is 0. The third-order valence-electron chi connectivity index (χ3n) is 2.06. The van der Waals surface area contributed by atoms with Gasteiger partial charge in [-0.3, -0.25) is 4.79 Å². The molecule has 0 aliphatic carbocycles. The van der Waals surface area contributed by atoms with Crippen LogP contribution in [0, 0.1) is 0 Å². The van der Waals surface area contributed by atoms with Crippen LogP contribution in [0.25, 0.3) is 6.08 Å². The number of ether oxygens (including phenoxy) is 1. The van der Waals surface area contributed by atoms with Crippen LogP contribution in [0.5, 0.6) is 5.75 Å². The number of aldehydes is 1. The molecule has 1 rings (SSSR count). The van der Waals surface area contributed by atoms with Gasteiger partial charge >= 0.3 is 0 Å². The maximum absolute atomic E-state index is 10.7. The Bertz CT molecular complexity index is 439. The van der Waals surface area contributed by atoms with Crippen LogP contribution in [0.15, 0.2) is 26.7 Å². The Morgan fingerprint density at radius 1 is 1.41 bits per heavy atom. The molecule has 1 aromatic carbocycles. The van der Waals surface area contributed by atoms with Gasteiger partial charge in [0.15, 0.2) is 0 Å². The van der Waals surface area contributed by atoms with Gasteiger partial charge in [0.1, 0.15) is 12.0 Å². The molecule has 0 N–H and O–H groups in total. The minimum absolute atomic E-state index is 0.654. The molecule has 0 unspecified atom stereocenters. The Morgan fingerprint density at radius 3 is 2.71 bits per heavy atom. The van der Waals surface area contributed by atoms with E-state index in [1.165, 1.54) is 0 Å². The minimum atomic E-state index is 0.654. The van der Waals surface area contributed by atoms with E-state index in [4.69, 9.17) is 4.74 Å². The first-order valence-electron chi connectivity index (χ1n) is 5.33. The lowest BCUT2D eigenvalue weighted by atomic mass is 10.1. The second-order valence-corrected chi connectivity index (χ2v) is 5.43. The Kier molecular flexibility index (Phi) is 5.92. The number of carbonyl (C=O) groups is 1. The summed E-state index contributed by atoms with van der Waals surface area (Å²) in [6.07, 6.45) is 3.59. The molecular weight excluding hydrogens is 348 g/mol. The quantitative estimate of drug-likeness (QED) is 0.565. The summed E-state index contributed by atoms with van der Waals surface area (Å²) in [6, 6.07) is 3.86. The molecule has 0 aromatic heterocycles. The van der Waals surface area contributed by atoms with Gasteiger partial charge < -0.3 is 4.74 Å². The molecule has 0 radical (unpaired) electrons. The highest BCUT2D eigenvalue weighted by Crippen LogP contribution is 2.34. The number of rotatable bonds is 5. The molecule has 0 saturated heterocycles. The van der Waals surface area contributed by atoms with Crippen molar-refractivity contribution in [2.45, 2.75) is 20.3 Å². The zero-order valence-corrected chi connectivity index (χ0v) is 13.0. The summed E-state index contributed by atoms with van der Waals surface area (Å²) < 4.78 is 7.51. The number of hydrogen-bond donors (Lipinski definition) is 0. The van der Waals surface area contributed by atoms with Crippen LogP contribution in [0.4, 0.5) is 0 Å². The topological polar surface area (TPSA) is 26.3 Å². The monoisotopic (exact) mass is 360 g/mol. The van der Waals surface area contributed by atoms with Crippen LogP contribution < -0.4 is 4.74 Å². The van der Waals surface area contributed by atoms with E-state index in [0.29, 0.717) is 12.2 Å². The predicted octanol–water partition coefficient (Wildman–Crippen LogP) is 4.60. The van der Waals surface area contributed by atoms with Gasteiger partial charge in [-0.25, -0.2) is 0 Å².